The summed E-state index contributed by atoms with van der Waals surface area (Å²) in [7, 11) is 0. The average molecular weight is 416 g/mol. The molecule has 0 unspecified atom stereocenters. The molecule has 2 heterocycles. The van der Waals surface area contributed by atoms with Crippen LogP contribution < -0.4 is 4.74 Å². The van der Waals surface area contributed by atoms with Gasteiger partial charge in [-0.25, -0.2) is 0 Å². The molecule has 1 aromatic carbocycles. The number of rotatable bonds is 8. The normalized spacial score (nSPS) is 11.6. The van der Waals surface area contributed by atoms with Gasteiger partial charge in [0.2, 0.25) is 5.91 Å². The maximum atomic E-state index is 12.8. The van der Waals surface area contributed by atoms with Crippen LogP contribution in [0.1, 0.15) is 17.0 Å². The van der Waals surface area contributed by atoms with Crippen molar-refractivity contribution in [1.29, 1.82) is 0 Å². The monoisotopic (exact) mass is 416 g/mol. The lowest BCUT2D eigenvalue weighted by molar-refractivity contribution is -0.159. The Bertz CT molecular complexity index is 954. The maximum absolute atomic E-state index is 12.8. The Morgan fingerprint density at radius 2 is 1.90 bits per heavy atom. The van der Waals surface area contributed by atoms with E-state index in [0.29, 0.717) is 22.8 Å². The van der Waals surface area contributed by atoms with E-state index in [2.05, 4.69) is 4.98 Å². The van der Waals surface area contributed by atoms with Gasteiger partial charge in [0.05, 0.1) is 18.5 Å². The molecule has 0 aliphatic heterocycles. The summed E-state index contributed by atoms with van der Waals surface area (Å²) < 4.78 is 49.2. The van der Waals surface area contributed by atoms with Gasteiger partial charge in [0.1, 0.15) is 24.7 Å². The maximum Gasteiger partial charge on any atom is 0.406 e. The summed E-state index contributed by atoms with van der Waals surface area (Å²) in [5, 5.41) is 0. The number of nitrogens with zero attached hydrogens (tertiary/aromatic N) is 2. The molecule has 0 aliphatic rings. The van der Waals surface area contributed by atoms with Gasteiger partial charge >= 0.3 is 6.18 Å². The van der Waals surface area contributed by atoms with E-state index in [1.54, 1.807) is 36.5 Å². The zero-order chi connectivity index (χ0) is 21.4. The fraction of sp³-hybridized carbons (Fsp3) is 0.182. The minimum atomic E-state index is -4.51. The Kier molecular flexibility index (Phi) is 6.90. The van der Waals surface area contributed by atoms with Gasteiger partial charge in [-0.3, -0.25) is 9.78 Å². The van der Waals surface area contributed by atoms with Crippen molar-refractivity contribution in [3.8, 4) is 5.75 Å². The van der Waals surface area contributed by atoms with Gasteiger partial charge in [-0.15, -0.1) is 0 Å². The summed E-state index contributed by atoms with van der Waals surface area (Å²) in [6.07, 6.45) is 1.08. The highest BCUT2D eigenvalue weighted by molar-refractivity contribution is 5.91. The first-order chi connectivity index (χ1) is 14.4. The highest BCUT2D eigenvalue weighted by Crippen LogP contribution is 2.19. The number of ether oxygens (including phenoxy) is 1. The van der Waals surface area contributed by atoms with Crippen molar-refractivity contribution in [2.75, 3.05) is 6.54 Å². The van der Waals surface area contributed by atoms with Crippen LogP contribution in [0.4, 0.5) is 13.2 Å². The van der Waals surface area contributed by atoms with E-state index in [0.717, 1.165) is 11.8 Å². The molecule has 0 radical (unpaired) electrons. The molecule has 156 valence electrons. The quantitative estimate of drug-likeness (QED) is 0.492. The molecule has 8 heteroatoms. The van der Waals surface area contributed by atoms with Crippen LogP contribution in [0.25, 0.3) is 6.08 Å². The molecule has 1 amide bonds. The van der Waals surface area contributed by atoms with Gasteiger partial charge in [0, 0.05) is 12.3 Å². The molecule has 0 saturated heterocycles. The van der Waals surface area contributed by atoms with Crippen LogP contribution in [0, 0.1) is 0 Å². The molecule has 0 fully saturated rings. The lowest BCUT2D eigenvalue weighted by atomic mass is 10.2. The molecule has 0 aliphatic carbocycles. The van der Waals surface area contributed by atoms with Gasteiger partial charge in [0.15, 0.2) is 0 Å². The molecule has 5 nitrogen and oxygen atoms in total. The summed E-state index contributed by atoms with van der Waals surface area (Å²) in [5.41, 5.74) is 1.44. The van der Waals surface area contributed by atoms with Crippen molar-refractivity contribution in [2.24, 2.45) is 0 Å². The second-order valence-corrected chi connectivity index (χ2v) is 6.40. The molecular weight excluding hydrogens is 397 g/mol. The predicted octanol–water partition coefficient (Wildman–Crippen LogP) is 4.86. The lowest BCUT2D eigenvalue weighted by Gasteiger charge is -2.21. The zero-order valence-electron chi connectivity index (χ0n) is 15.9. The van der Waals surface area contributed by atoms with E-state index in [4.69, 9.17) is 9.15 Å². The van der Waals surface area contributed by atoms with Crippen LogP contribution in [0.15, 0.2) is 77.6 Å². The van der Waals surface area contributed by atoms with Gasteiger partial charge in [-0.2, -0.15) is 13.2 Å². The summed E-state index contributed by atoms with van der Waals surface area (Å²) >= 11 is 0. The Morgan fingerprint density at radius 3 is 2.53 bits per heavy atom. The predicted molar refractivity (Wildman–Crippen MR) is 104 cm³/mol. The fourth-order valence-corrected chi connectivity index (χ4v) is 2.61. The van der Waals surface area contributed by atoms with Gasteiger partial charge in [-0.05, 0) is 48.0 Å². The number of aromatic nitrogens is 1. The summed E-state index contributed by atoms with van der Waals surface area (Å²) in [6.45, 7) is -1.32. The van der Waals surface area contributed by atoms with E-state index in [1.807, 2.05) is 18.2 Å². The van der Waals surface area contributed by atoms with E-state index < -0.39 is 18.6 Å². The zero-order valence-corrected chi connectivity index (χ0v) is 15.9. The molecule has 3 rings (SSSR count). The number of hydrogen-bond acceptors (Lipinski definition) is 4. The van der Waals surface area contributed by atoms with Crippen LogP contribution in [0.5, 0.6) is 5.75 Å². The number of alkyl halides is 3. The molecule has 30 heavy (non-hydrogen) atoms. The van der Waals surface area contributed by atoms with E-state index >= 15 is 0 Å². The van der Waals surface area contributed by atoms with E-state index in [1.165, 1.54) is 18.4 Å². The van der Waals surface area contributed by atoms with E-state index in [9.17, 15) is 18.0 Å². The molecule has 0 saturated carbocycles. The number of carbonyl (C=O) groups is 1. The van der Waals surface area contributed by atoms with Crippen molar-refractivity contribution in [3.05, 3.63) is 90.2 Å². The third-order valence-corrected chi connectivity index (χ3v) is 4.02. The number of furan rings is 1. The second kappa shape index (κ2) is 9.78. The third kappa shape index (κ3) is 6.80. The highest BCUT2D eigenvalue weighted by Gasteiger charge is 2.32. The first-order valence-electron chi connectivity index (χ1n) is 9.08. The number of carbonyl (C=O) groups excluding carboxylic acids is 1. The molecule has 0 bridgehead atoms. The van der Waals surface area contributed by atoms with Crippen LogP contribution in [-0.2, 0) is 17.9 Å². The number of pyridine rings is 1. The standard InChI is InChI=1S/C22H19F3N2O3/c23-22(24,25)16-27(14-20-5-3-13-29-20)21(28)11-8-17-6-9-19(10-7-17)30-15-18-4-1-2-12-26-18/h1-13H,14-16H2/b11-8+. The summed E-state index contributed by atoms with van der Waals surface area (Å²) in [4.78, 5) is 17.2. The Hall–Kier alpha value is -3.55. The van der Waals surface area contributed by atoms with Crippen LogP contribution in [0.3, 0.4) is 0 Å². The minimum Gasteiger partial charge on any atom is -0.487 e. The van der Waals surface area contributed by atoms with Crippen molar-refractivity contribution in [3.63, 3.8) is 0 Å². The van der Waals surface area contributed by atoms with Gasteiger partial charge in [-0.1, -0.05) is 18.2 Å². The van der Waals surface area contributed by atoms with Crippen molar-refractivity contribution < 1.29 is 27.1 Å². The van der Waals surface area contributed by atoms with Gasteiger partial charge < -0.3 is 14.1 Å². The largest absolute Gasteiger partial charge is 0.487 e. The number of benzene rings is 1. The number of hydrogen-bond donors (Lipinski definition) is 0. The minimum absolute atomic E-state index is 0.268. The lowest BCUT2D eigenvalue weighted by Crippen LogP contribution is -2.37. The first-order valence-corrected chi connectivity index (χ1v) is 9.08. The van der Waals surface area contributed by atoms with Crippen molar-refractivity contribution >= 4 is 12.0 Å². The first kappa shape index (κ1) is 21.2. The summed E-state index contributed by atoms with van der Waals surface area (Å²) in [6, 6.07) is 15.4. The Balaban J connectivity index is 1.60. The second-order valence-electron chi connectivity index (χ2n) is 6.40. The van der Waals surface area contributed by atoms with Crippen molar-refractivity contribution in [1.82, 2.24) is 9.88 Å². The molecule has 0 N–H and O–H groups in total. The van der Waals surface area contributed by atoms with Crippen molar-refractivity contribution in [2.45, 2.75) is 19.3 Å². The number of amides is 1. The SMILES string of the molecule is O=C(/C=C/c1ccc(OCc2ccccn2)cc1)N(Cc1ccco1)CC(F)(F)F. The van der Waals surface area contributed by atoms with Gasteiger partial charge in [0.25, 0.3) is 0 Å². The fourth-order valence-electron chi connectivity index (χ4n) is 2.61. The van der Waals surface area contributed by atoms with E-state index in [-0.39, 0.29) is 12.3 Å². The smallest absolute Gasteiger partial charge is 0.406 e. The average Bonchev–Trinajstić information content (AvgIpc) is 3.24. The molecule has 2 aromatic heterocycles. The number of halogens is 3. The summed E-state index contributed by atoms with van der Waals surface area (Å²) in [5.74, 6) is 0.121. The molecule has 0 spiro atoms. The molecule has 3 aromatic rings. The van der Waals surface area contributed by atoms with Crippen LogP contribution in [0.2, 0.25) is 0 Å². The molecular formula is C22H19F3N2O3. The van der Waals surface area contributed by atoms with Crippen LogP contribution in [-0.4, -0.2) is 28.5 Å². The highest BCUT2D eigenvalue weighted by atomic mass is 19.4. The molecule has 0 atom stereocenters. The third-order valence-electron chi connectivity index (χ3n) is 4.02. The van der Waals surface area contributed by atoms with Crippen LogP contribution >= 0.6 is 0 Å². The topological polar surface area (TPSA) is 55.6 Å². The Labute approximate surface area is 171 Å². The Morgan fingerprint density at radius 1 is 1.10 bits per heavy atom.